The van der Waals surface area contributed by atoms with E-state index in [0.29, 0.717) is 5.56 Å². The molecule has 5 unspecified atom stereocenters. The number of rotatable bonds is 7. The Labute approximate surface area is 253 Å². The zero-order valence-electron chi connectivity index (χ0n) is 21.9. The second kappa shape index (κ2) is 12.4. The molecule has 5 rings (SSSR count). The van der Waals surface area contributed by atoms with Gasteiger partial charge in [-0.3, -0.25) is 0 Å². The van der Waals surface area contributed by atoms with E-state index in [9.17, 15) is 60.3 Å². The van der Waals surface area contributed by atoms with E-state index in [4.69, 9.17) is 20.0 Å². The molecular formula is C26H25IO17. The number of carbonyl (C=O) groups is 2. The van der Waals surface area contributed by atoms with Gasteiger partial charge >= 0.3 is 243 Å². The van der Waals surface area contributed by atoms with Crippen molar-refractivity contribution in [3.05, 3.63) is 52.7 Å². The van der Waals surface area contributed by atoms with Crippen molar-refractivity contribution >= 4 is 43.6 Å². The quantitative estimate of drug-likeness (QED) is 0.104. The van der Waals surface area contributed by atoms with E-state index in [-0.39, 0.29) is 28.2 Å². The molecule has 44 heavy (non-hydrogen) atoms. The SMILES string of the molecule is O=C(O)C1O[C@@H](Oc2cc(O)c3c(=O)cc(-c4ccc(O)cc4)oc3c2)C(OI2OC(C(=O)O)[C@@H](O)C(O)[C@@H]2O)C(O)[C@@H]1O. The molecule has 2 aromatic carbocycles. The van der Waals surface area contributed by atoms with Gasteiger partial charge in [-0.05, 0) is 0 Å². The first kappa shape index (κ1) is 31.8. The molecule has 0 aliphatic carbocycles. The fourth-order valence-corrected chi connectivity index (χ4v) is 8.38. The summed E-state index contributed by atoms with van der Waals surface area (Å²) in [4.78, 5) is 36.0. The molecule has 2 aliphatic rings. The first-order valence-corrected chi connectivity index (χ1v) is 15.6. The van der Waals surface area contributed by atoms with Crippen LogP contribution in [0.15, 0.2) is 51.7 Å². The van der Waals surface area contributed by atoms with Crippen LogP contribution in [0.5, 0.6) is 17.2 Å². The molecule has 238 valence electrons. The maximum atomic E-state index is 12.8. The summed E-state index contributed by atoms with van der Waals surface area (Å²) < 4.78 is 25.6. The Hall–Kier alpha value is -3.60. The van der Waals surface area contributed by atoms with Crippen molar-refractivity contribution in [2.45, 2.75) is 53.1 Å². The summed E-state index contributed by atoms with van der Waals surface area (Å²) in [6, 6.07) is 8.81. The number of aliphatic hydroxyl groups is 5. The van der Waals surface area contributed by atoms with Crippen LogP contribution in [0, 0.1) is 0 Å². The van der Waals surface area contributed by atoms with Gasteiger partial charge in [0.25, 0.3) is 0 Å². The third kappa shape index (κ3) is 6.03. The van der Waals surface area contributed by atoms with Crippen LogP contribution >= 0.6 is 20.6 Å². The Morgan fingerprint density at radius 1 is 0.818 bits per heavy atom. The number of benzene rings is 2. The first-order chi connectivity index (χ1) is 20.8. The Morgan fingerprint density at radius 2 is 1.45 bits per heavy atom. The Morgan fingerprint density at radius 3 is 2.09 bits per heavy atom. The number of phenols is 2. The van der Waals surface area contributed by atoms with Crippen molar-refractivity contribution in [1.29, 1.82) is 0 Å². The maximum absolute atomic E-state index is 12.8. The molecule has 2 saturated heterocycles. The summed E-state index contributed by atoms with van der Waals surface area (Å²) in [6.07, 6.45) is -16.2. The molecule has 9 N–H and O–H groups in total. The van der Waals surface area contributed by atoms with Crippen LogP contribution in [-0.4, -0.2) is 111 Å². The number of aliphatic hydroxyl groups excluding tert-OH is 5. The van der Waals surface area contributed by atoms with E-state index >= 15 is 0 Å². The fourth-order valence-electron chi connectivity index (χ4n) is 4.45. The van der Waals surface area contributed by atoms with E-state index in [1.165, 1.54) is 24.3 Å². The number of halogens is 1. The summed E-state index contributed by atoms with van der Waals surface area (Å²) >= 11 is -4.03. The van der Waals surface area contributed by atoms with Gasteiger partial charge in [-0.2, -0.15) is 0 Å². The molecule has 2 aliphatic heterocycles. The van der Waals surface area contributed by atoms with E-state index in [1.54, 1.807) is 0 Å². The Bertz CT molecular complexity index is 1610. The standard InChI is InChI=1S/C26H25IO17/c28-9-3-1-8(2-4-9)13-7-12(30)15-11(29)5-10(6-14(15)41-13)40-26-22(17(32)16(31)20(42-26)24(36)37)44-27-23(35)19(34)18(33)21(43-27)25(38)39/h1-7,16-23,26,28-29,31-35H,(H,36,37)(H,38,39)/t16-,17?,18-,19?,20?,21?,22?,23-,26+/m0/s1. The molecule has 17 nitrogen and oxygen atoms in total. The fraction of sp³-hybridized carbons (Fsp3) is 0.346. The summed E-state index contributed by atoms with van der Waals surface area (Å²) in [5, 5.41) is 90.5. The van der Waals surface area contributed by atoms with Gasteiger partial charge in [0, 0.05) is 0 Å². The molecular weight excluding hydrogens is 711 g/mol. The van der Waals surface area contributed by atoms with Crippen molar-refractivity contribution in [3.63, 3.8) is 0 Å². The molecule has 0 radical (unpaired) electrons. The predicted molar refractivity (Wildman–Crippen MR) is 150 cm³/mol. The first-order valence-electron chi connectivity index (χ1n) is 12.6. The van der Waals surface area contributed by atoms with Crippen LogP contribution in [0.2, 0.25) is 0 Å². The Balaban J connectivity index is 1.50. The zero-order valence-corrected chi connectivity index (χ0v) is 24.1. The third-order valence-corrected chi connectivity index (χ3v) is 10.6. The summed E-state index contributed by atoms with van der Waals surface area (Å²) in [5.74, 6) is -4.36. The van der Waals surface area contributed by atoms with Crippen LogP contribution in [-0.2, 0) is 20.5 Å². The van der Waals surface area contributed by atoms with E-state index in [2.05, 4.69) is 0 Å². The molecule has 9 atom stereocenters. The molecule has 18 heteroatoms. The van der Waals surface area contributed by atoms with Gasteiger partial charge in [0.1, 0.15) is 5.75 Å². The van der Waals surface area contributed by atoms with Crippen LogP contribution in [0.3, 0.4) is 0 Å². The van der Waals surface area contributed by atoms with Gasteiger partial charge in [0.15, 0.2) is 0 Å². The number of carboxylic acids is 2. The zero-order chi connectivity index (χ0) is 32.0. The Kier molecular flexibility index (Phi) is 8.98. The van der Waals surface area contributed by atoms with Crippen molar-refractivity contribution in [1.82, 2.24) is 0 Å². The second-order valence-electron chi connectivity index (χ2n) is 9.70. The van der Waals surface area contributed by atoms with Crippen molar-refractivity contribution in [2.75, 3.05) is 0 Å². The van der Waals surface area contributed by atoms with Gasteiger partial charge in [-0.25, -0.2) is 0 Å². The number of hydrogen-bond acceptors (Lipinski definition) is 15. The topological polar surface area (TPSA) is 283 Å². The summed E-state index contributed by atoms with van der Waals surface area (Å²) in [7, 11) is 0. The van der Waals surface area contributed by atoms with Crippen LogP contribution in [0.25, 0.3) is 22.3 Å². The van der Waals surface area contributed by atoms with Gasteiger partial charge in [0.2, 0.25) is 0 Å². The number of fused-ring (bicyclic) bond motifs is 1. The van der Waals surface area contributed by atoms with Gasteiger partial charge in [-0.15, -0.1) is 0 Å². The van der Waals surface area contributed by atoms with E-state index in [0.717, 1.165) is 18.2 Å². The second-order valence-corrected chi connectivity index (χ2v) is 13.4. The van der Waals surface area contributed by atoms with E-state index < -0.39 is 96.9 Å². The minimum atomic E-state index is -4.03. The molecule has 0 bridgehead atoms. The van der Waals surface area contributed by atoms with Crippen molar-refractivity contribution < 1.29 is 75.6 Å². The third-order valence-electron chi connectivity index (χ3n) is 6.72. The van der Waals surface area contributed by atoms with Gasteiger partial charge < -0.3 is 5.11 Å². The number of carboxylic acid groups (broad SMARTS) is 2. The molecule has 2 fully saturated rings. The average Bonchev–Trinajstić information content (AvgIpc) is 2.96. The van der Waals surface area contributed by atoms with Gasteiger partial charge in [-0.1, -0.05) is 0 Å². The minimum absolute atomic E-state index is 0.0415. The van der Waals surface area contributed by atoms with E-state index in [1.807, 2.05) is 0 Å². The number of ether oxygens (including phenoxy) is 2. The number of aliphatic carboxylic acids is 2. The number of phenolic OH excluding ortho intramolecular Hbond substituents is 2. The summed E-state index contributed by atoms with van der Waals surface area (Å²) in [6.45, 7) is 0. The van der Waals surface area contributed by atoms with Crippen molar-refractivity contribution in [2.24, 2.45) is 0 Å². The summed E-state index contributed by atoms with van der Waals surface area (Å²) in [5.41, 5.74) is -0.467. The van der Waals surface area contributed by atoms with Crippen LogP contribution < -0.4 is 10.2 Å². The number of hydrogen-bond donors (Lipinski definition) is 9. The number of aromatic hydroxyl groups is 2. The number of alkyl halides is 1. The van der Waals surface area contributed by atoms with Crippen LogP contribution in [0.4, 0.5) is 0 Å². The molecule has 0 spiro atoms. The molecule has 1 aromatic heterocycles. The molecule has 0 saturated carbocycles. The van der Waals surface area contributed by atoms with Gasteiger partial charge in [0.05, 0.1) is 0 Å². The predicted octanol–water partition coefficient (Wildman–Crippen LogP) is -0.974. The van der Waals surface area contributed by atoms with Crippen molar-refractivity contribution in [3.8, 4) is 28.6 Å². The monoisotopic (exact) mass is 736 g/mol. The average molecular weight is 736 g/mol. The molecule has 0 amide bonds. The molecule has 3 aromatic rings. The normalized spacial score (nSPS) is 31.5. The van der Waals surface area contributed by atoms with Crippen LogP contribution in [0.1, 0.15) is 0 Å². The molecule has 3 heterocycles.